The largest absolute Gasteiger partial charge is 0.488 e. The van der Waals surface area contributed by atoms with Gasteiger partial charge in [-0.25, -0.2) is 0 Å². The third-order valence-corrected chi connectivity index (χ3v) is 3.68. The minimum Gasteiger partial charge on any atom is -0.488 e. The van der Waals surface area contributed by atoms with Crippen LogP contribution in [0.5, 0.6) is 5.75 Å². The lowest BCUT2D eigenvalue weighted by atomic mass is 9.97. The highest BCUT2D eigenvalue weighted by Crippen LogP contribution is 2.41. The normalized spacial score (nSPS) is 22.4. The molecule has 0 saturated carbocycles. The van der Waals surface area contributed by atoms with Crippen molar-refractivity contribution in [3.63, 3.8) is 0 Å². The van der Waals surface area contributed by atoms with E-state index in [1.807, 2.05) is 0 Å². The molecule has 2 heteroatoms. The van der Waals surface area contributed by atoms with Crippen molar-refractivity contribution in [1.29, 1.82) is 0 Å². The van der Waals surface area contributed by atoms with Crippen molar-refractivity contribution in [2.45, 2.75) is 52.7 Å². The van der Waals surface area contributed by atoms with Crippen LogP contribution in [0.3, 0.4) is 0 Å². The first-order chi connectivity index (χ1) is 8.19. The van der Waals surface area contributed by atoms with Crippen LogP contribution in [0, 0.1) is 13.8 Å². The molecule has 2 unspecified atom stereocenters. The maximum absolute atomic E-state index is 6.16. The highest BCUT2D eigenvalue weighted by Gasteiger charge is 2.34. The molecule has 0 aromatic heterocycles. The van der Waals surface area contributed by atoms with Crippen molar-refractivity contribution in [3.8, 4) is 5.75 Å². The SMILES string of the molecule is CCCC1Oc2c(ccc(C)c2C)C1NCC. The van der Waals surface area contributed by atoms with Gasteiger partial charge < -0.3 is 10.1 Å². The van der Waals surface area contributed by atoms with Gasteiger partial charge in [-0.2, -0.15) is 0 Å². The first-order valence-corrected chi connectivity index (χ1v) is 6.69. The van der Waals surface area contributed by atoms with E-state index in [0.717, 1.165) is 18.7 Å². The Hall–Kier alpha value is -1.02. The molecule has 1 aliphatic heterocycles. The van der Waals surface area contributed by atoms with E-state index in [9.17, 15) is 0 Å². The highest BCUT2D eigenvalue weighted by molar-refractivity contribution is 5.49. The summed E-state index contributed by atoms with van der Waals surface area (Å²) >= 11 is 0. The lowest BCUT2D eigenvalue weighted by Gasteiger charge is -2.19. The van der Waals surface area contributed by atoms with Crippen LogP contribution in [-0.2, 0) is 0 Å². The summed E-state index contributed by atoms with van der Waals surface area (Å²) in [6, 6.07) is 4.80. The van der Waals surface area contributed by atoms with E-state index in [1.54, 1.807) is 0 Å². The summed E-state index contributed by atoms with van der Waals surface area (Å²) in [4.78, 5) is 0. The zero-order chi connectivity index (χ0) is 12.4. The van der Waals surface area contributed by atoms with E-state index in [4.69, 9.17) is 4.74 Å². The number of hydrogen-bond acceptors (Lipinski definition) is 2. The van der Waals surface area contributed by atoms with Crippen molar-refractivity contribution in [1.82, 2.24) is 5.32 Å². The van der Waals surface area contributed by atoms with Crippen LogP contribution >= 0.6 is 0 Å². The summed E-state index contributed by atoms with van der Waals surface area (Å²) in [6.07, 6.45) is 2.58. The van der Waals surface area contributed by atoms with Gasteiger partial charge in [-0.15, -0.1) is 0 Å². The monoisotopic (exact) mass is 233 g/mol. The Morgan fingerprint density at radius 3 is 2.65 bits per heavy atom. The topological polar surface area (TPSA) is 21.3 Å². The second-order valence-electron chi connectivity index (χ2n) is 4.91. The number of aryl methyl sites for hydroxylation is 1. The molecule has 0 spiro atoms. The summed E-state index contributed by atoms with van der Waals surface area (Å²) in [7, 11) is 0. The Labute approximate surface area is 104 Å². The van der Waals surface area contributed by atoms with E-state index in [0.29, 0.717) is 12.1 Å². The molecular weight excluding hydrogens is 210 g/mol. The maximum atomic E-state index is 6.16. The van der Waals surface area contributed by atoms with Crippen molar-refractivity contribution < 1.29 is 4.74 Å². The molecule has 94 valence electrons. The smallest absolute Gasteiger partial charge is 0.127 e. The zero-order valence-electron chi connectivity index (χ0n) is 11.3. The van der Waals surface area contributed by atoms with Gasteiger partial charge in [0.2, 0.25) is 0 Å². The average molecular weight is 233 g/mol. The number of rotatable bonds is 4. The second-order valence-corrected chi connectivity index (χ2v) is 4.91. The molecule has 0 bridgehead atoms. The number of benzene rings is 1. The van der Waals surface area contributed by atoms with Gasteiger partial charge >= 0.3 is 0 Å². The van der Waals surface area contributed by atoms with Gasteiger partial charge in [0.1, 0.15) is 11.9 Å². The zero-order valence-corrected chi connectivity index (χ0v) is 11.3. The lowest BCUT2D eigenvalue weighted by molar-refractivity contribution is 0.178. The Morgan fingerprint density at radius 2 is 2.00 bits per heavy atom. The van der Waals surface area contributed by atoms with Crippen molar-refractivity contribution in [3.05, 3.63) is 28.8 Å². The number of likely N-dealkylation sites (N-methyl/N-ethyl adjacent to an activating group) is 1. The Morgan fingerprint density at radius 1 is 1.24 bits per heavy atom. The molecule has 1 aliphatic rings. The van der Waals surface area contributed by atoms with Gasteiger partial charge in [-0.1, -0.05) is 32.4 Å². The molecule has 0 amide bonds. The highest BCUT2D eigenvalue weighted by atomic mass is 16.5. The predicted octanol–water partition coefficient (Wildman–Crippen LogP) is 3.52. The third-order valence-electron chi connectivity index (χ3n) is 3.68. The van der Waals surface area contributed by atoms with Gasteiger partial charge in [0.15, 0.2) is 0 Å². The summed E-state index contributed by atoms with van der Waals surface area (Å²) in [5.41, 5.74) is 3.95. The number of ether oxygens (including phenoxy) is 1. The minimum atomic E-state index is 0.301. The fourth-order valence-electron chi connectivity index (χ4n) is 2.60. The second kappa shape index (κ2) is 5.09. The molecule has 0 saturated heterocycles. The maximum Gasteiger partial charge on any atom is 0.127 e. The first-order valence-electron chi connectivity index (χ1n) is 6.69. The molecule has 0 fully saturated rings. The van der Waals surface area contributed by atoms with E-state index < -0.39 is 0 Å². The van der Waals surface area contributed by atoms with Crippen molar-refractivity contribution in [2.75, 3.05) is 6.54 Å². The minimum absolute atomic E-state index is 0.301. The van der Waals surface area contributed by atoms with Gasteiger partial charge in [-0.3, -0.25) is 0 Å². The van der Waals surface area contributed by atoms with Gasteiger partial charge in [-0.05, 0) is 37.9 Å². The lowest BCUT2D eigenvalue weighted by Crippen LogP contribution is -2.30. The average Bonchev–Trinajstić information content (AvgIpc) is 2.65. The molecular formula is C15H23NO. The molecule has 0 aliphatic carbocycles. The van der Waals surface area contributed by atoms with Gasteiger partial charge in [0.05, 0.1) is 6.04 Å². The fourth-order valence-corrected chi connectivity index (χ4v) is 2.60. The van der Waals surface area contributed by atoms with Crippen LogP contribution in [0.4, 0.5) is 0 Å². The van der Waals surface area contributed by atoms with Gasteiger partial charge in [0, 0.05) is 5.56 Å². The van der Waals surface area contributed by atoms with Crippen molar-refractivity contribution in [2.24, 2.45) is 0 Å². The van der Waals surface area contributed by atoms with Crippen molar-refractivity contribution >= 4 is 0 Å². The van der Waals surface area contributed by atoms with E-state index in [-0.39, 0.29) is 0 Å². The van der Waals surface area contributed by atoms with Crippen LogP contribution in [0.1, 0.15) is 49.4 Å². The van der Waals surface area contributed by atoms with Crippen LogP contribution < -0.4 is 10.1 Å². The van der Waals surface area contributed by atoms with Crippen LogP contribution in [0.15, 0.2) is 12.1 Å². The Bertz CT molecular complexity index is 400. The fraction of sp³-hybridized carbons (Fsp3) is 0.600. The third kappa shape index (κ3) is 2.19. The van der Waals surface area contributed by atoms with Crippen LogP contribution in [-0.4, -0.2) is 12.6 Å². The van der Waals surface area contributed by atoms with Crippen LogP contribution in [0.2, 0.25) is 0 Å². The molecule has 1 aromatic rings. The van der Waals surface area contributed by atoms with E-state index in [2.05, 4.69) is 45.1 Å². The summed E-state index contributed by atoms with van der Waals surface area (Å²) < 4.78 is 6.16. The number of nitrogens with one attached hydrogen (secondary N) is 1. The molecule has 2 atom stereocenters. The summed E-state index contributed by atoms with van der Waals surface area (Å²) in [5.74, 6) is 1.12. The van der Waals surface area contributed by atoms with E-state index in [1.165, 1.54) is 23.1 Å². The number of fused-ring (bicyclic) bond motifs is 1. The van der Waals surface area contributed by atoms with Crippen LogP contribution in [0.25, 0.3) is 0 Å². The summed E-state index contributed by atoms with van der Waals surface area (Å²) in [5, 5.41) is 3.56. The first kappa shape index (κ1) is 12.4. The predicted molar refractivity (Wildman–Crippen MR) is 71.7 cm³/mol. The number of hydrogen-bond donors (Lipinski definition) is 1. The van der Waals surface area contributed by atoms with Gasteiger partial charge in [0.25, 0.3) is 0 Å². The van der Waals surface area contributed by atoms with E-state index >= 15 is 0 Å². The molecule has 2 rings (SSSR count). The standard InChI is InChI=1S/C15H23NO/c1-5-7-13-14(16-6-2)12-9-8-10(3)11(4)15(12)17-13/h8-9,13-14,16H,5-7H2,1-4H3. The molecule has 0 radical (unpaired) electrons. The summed E-state index contributed by atoms with van der Waals surface area (Å²) in [6.45, 7) is 9.66. The Balaban J connectivity index is 2.35. The molecule has 1 aromatic carbocycles. The molecule has 1 N–H and O–H groups in total. The molecule has 1 heterocycles. The molecule has 2 nitrogen and oxygen atoms in total. The molecule has 17 heavy (non-hydrogen) atoms. The quantitative estimate of drug-likeness (QED) is 0.859. The Kier molecular flexibility index (Phi) is 3.72.